The topological polar surface area (TPSA) is 81.9 Å². The second-order valence-corrected chi connectivity index (χ2v) is 5.39. The van der Waals surface area contributed by atoms with Crippen LogP contribution in [0.5, 0.6) is 0 Å². The molecule has 1 aliphatic heterocycles. The lowest BCUT2D eigenvalue weighted by atomic mass is 10.1. The van der Waals surface area contributed by atoms with Crippen molar-refractivity contribution in [3.8, 4) is 6.07 Å². The fourth-order valence-electron chi connectivity index (χ4n) is 2.68. The number of nitrogens with one attached hydrogen (secondary N) is 1. The van der Waals surface area contributed by atoms with Crippen molar-refractivity contribution in [2.24, 2.45) is 0 Å². The number of hydrogen-bond acceptors (Lipinski definition) is 5. The molecule has 1 aromatic carbocycles. The Bertz CT molecular complexity index is 846. The highest BCUT2D eigenvalue weighted by atomic mass is 19.4. The zero-order valence-corrected chi connectivity index (χ0v) is 12.8. The number of aromatic nitrogens is 2. The van der Waals surface area contributed by atoms with E-state index < -0.39 is 23.7 Å². The van der Waals surface area contributed by atoms with Crippen molar-refractivity contribution in [3.05, 3.63) is 47.9 Å². The predicted molar refractivity (Wildman–Crippen MR) is 82.6 cm³/mol. The maximum atomic E-state index is 13.2. The molecule has 6 nitrogen and oxygen atoms in total. The van der Waals surface area contributed by atoms with E-state index in [-0.39, 0.29) is 23.7 Å². The molecule has 0 saturated carbocycles. The Morgan fingerprint density at radius 3 is 2.76 bits per heavy atom. The van der Waals surface area contributed by atoms with Gasteiger partial charge in [0.25, 0.3) is 0 Å². The molecular weight excluding hydrogens is 335 g/mol. The van der Waals surface area contributed by atoms with Gasteiger partial charge in [-0.15, -0.1) is 0 Å². The Labute approximate surface area is 140 Å². The van der Waals surface area contributed by atoms with Gasteiger partial charge in [-0.3, -0.25) is 4.79 Å². The predicted octanol–water partition coefficient (Wildman–Crippen LogP) is 2.58. The Hall–Kier alpha value is -3.15. The summed E-state index contributed by atoms with van der Waals surface area (Å²) in [6.45, 7) is 0.153. The molecule has 1 atom stereocenters. The van der Waals surface area contributed by atoms with Crippen molar-refractivity contribution in [2.75, 3.05) is 16.8 Å². The standard InChI is InChI=1S/C16H12F3N5O/c17-16(18,19)11-3-1-2-4-13(11)24-6-5-12(15(24)25)23-14-7-10(8-20)21-9-22-14/h1-4,7,9,12H,5-6H2,(H,21,22,23)/t12-/m0/s1. The highest BCUT2D eigenvalue weighted by Gasteiger charge is 2.39. The zero-order valence-electron chi connectivity index (χ0n) is 12.8. The number of halogens is 3. The lowest BCUT2D eigenvalue weighted by Gasteiger charge is -2.21. The van der Waals surface area contributed by atoms with E-state index in [0.29, 0.717) is 6.42 Å². The molecule has 1 amide bonds. The molecule has 2 aromatic rings. The number of para-hydroxylation sites is 1. The van der Waals surface area contributed by atoms with E-state index in [1.54, 1.807) is 0 Å². The molecule has 25 heavy (non-hydrogen) atoms. The summed E-state index contributed by atoms with van der Waals surface area (Å²) in [5, 5.41) is 11.7. The molecule has 0 aliphatic carbocycles. The normalized spacial score (nSPS) is 17.4. The first-order chi connectivity index (χ1) is 11.9. The molecule has 9 heteroatoms. The van der Waals surface area contributed by atoms with Crippen LogP contribution < -0.4 is 10.2 Å². The average Bonchev–Trinajstić information content (AvgIpc) is 2.95. The fourth-order valence-corrected chi connectivity index (χ4v) is 2.68. The van der Waals surface area contributed by atoms with Crippen LogP contribution in [-0.2, 0) is 11.0 Å². The van der Waals surface area contributed by atoms with Crippen LogP contribution in [0.2, 0.25) is 0 Å². The van der Waals surface area contributed by atoms with E-state index >= 15 is 0 Å². The van der Waals surface area contributed by atoms with Crippen molar-refractivity contribution in [1.82, 2.24) is 9.97 Å². The van der Waals surface area contributed by atoms with E-state index in [2.05, 4.69) is 15.3 Å². The molecule has 2 heterocycles. The quantitative estimate of drug-likeness (QED) is 0.923. The smallest absolute Gasteiger partial charge is 0.358 e. The summed E-state index contributed by atoms with van der Waals surface area (Å²) in [6, 6.07) is 7.48. The molecule has 1 saturated heterocycles. The van der Waals surface area contributed by atoms with E-state index in [1.165, 1.54) is 30.6 Å². The van der Waals surface area contributed by atoms with Crippen LogP contribution in [0.4, 0.5) is 24.7 Å². The Morgan fingerprint density at radius 2 is 2.04 bits per heavy atom. The maximum absolute atomic E-state index is 13.2. The van der Waals surface area contributed by atoms with Gasteiger partial charge in [-0.2, -0.15) is 18.4 Å². The first-order valence-electron chi connectivity index (χ1n) is 7.36. The average molecular weight is 347 g/mol. The van der Waals surface area contributed by atoms with Gasteiger partial charge in [0.1, 0.15) is 30.0 Å². The van der Waals surface area contributed by atoms with E-state index in [4.69, 9.17) is 5.26 Å². The van der Waals surface area contributed by atoms with Crippen LogP contribution in [0.1, 0.15) is 17.7 Å². The van der Waals surface area contributed by atoms with E-state index in [0.717, 1.165) is 11.0 Å². The Balaban J connectivity index is 1.82. The van der Waals surface area contributed by atoms with Crippen molar-refractivity contribution in [2.45, 2.75) is 18.6 Å². The summed E-state index contributed by atoms with van der Waals surface area (Å²) >= 11 is 0. The Morgan fingerprint density at radius 1 is 1.28 bits per heavy atom. The van der Waals surface area contributed by atoms with Gasteiger partial charge in [0.2, 0.25) is 5.91 Å². The van der Waals surface area contributed by atoms with Gasteiger partial charge in [0.15, 0.2) is 0 Å². The molecule has 1 N–H and O–H groups in total. The van der Waals surface area contributed by atoms with Crippen LogP contribution >= 0.6 is 0 Å². The molecule has 128 valence electrons. The van der Waals surface area contributed by atoms with Crippen LogP contribution in [0.3, 0.4) is 0 Å². The number of nitrogens with zero attached hydrogens (tertiary/aromatic N) is 4. The third-order valence-electron chi connectivity index (χ3n) is 3.81. The number of alkyl halides is 3. The largest absolute Gasteiger partial charge is 0.418 e. The number of carbonyl (C=O) groups is 1. The molecule has 0 unspecified atom stereocenters. The number of amides is 1. The number of anilines is 2. The molecule has 1 aromatic heterocycles. The van der Waals surface area contributed by atoms with Gasteiger partial charge >= 0.3 is 6.18 Å². The molecular formula is C16H12F3N5O. The molecule has 0 bridgehead atoms. The second-order valence-electron chi connectivity index (χ2n) is 5.39. The van der Waals surface area contributed by atoms with Gasteiger partial charge < -0.3 is 10.2 Å². The number of benzene rings is 1. The van der Waals surface area contributed by atoms with Gasteiger partial charge in [0.05, 0.1) is 11.3 Å². The molecule has 0 radical (unpaired) electrons. The highest BCUT2D eigenvalue weighted by molar-refractivity contribution is 6.01. The van der Waals surface area contributed by atoms with Crippen LogP contribution in [-0.4, -0.2) is 28.5 Å². The number of carbonyl (C=O) groups excluding carboxylic acids is 1. The van der Waals surface area contributed by atoms with Crippen LogP contribution in [0, 0.1) is 11.3 Å². The summed E-state index contributed by atoms with van der Waals surface area (Å²) in [4.78, 5) is 21.3. The number of hydrogen-bond donors (Lipinski definition) is 1. The van der Waals surface area contributed by atoms with E-state index in [1.807, 2.05) is 6.07 Å². The Kier molecular flexibility index (Phi) is 4.27. The van der Waals surface area contributed by atoms with Gasteiger partial charge in [-0.1, -0.05) is 12.1 Å². The third-order valence-corrected chi connectivity index (χ3v) is 3.81. The summed E-state index contributed by atoms with van der Waals surface area (Å²) in [6.07, 6.45) is -3.05. The summed E-state index contributed by atoms with van der Waals surface area (Å²) < 4.78 is 39.5. The summed E-state index contributed by atoms with van der Waals surface area (Å²) in [7, 11) is 0. The fraction of sp³-hybridized carbons (Fsp3) is 0.250. The molecule has 1 aliphatic rings. The SMILES string of the molecule is N#Cc1cc(N[C@H]2CCN(c3ccccc3C(F)(F)F)C2=O)ncn1. The van der Waals surface area contributed by atoms with Gasteiger partial charge in [-0.25, -0.2) is 9.97 Å². The number of rotatable bonds is 3. The van der Waals surface area contributed by atoms with Crippen molar-refractivity contribution in [3.63, 3.8) is 0 Å². The molecule has 3 rings (SSSR count). The monoisotopic (exact) mass is 347 g/mol. The maximum Gasteiger partial charge on any atom is 0.418 e. The zero-order chi connectivity index (χ0) is 18.0. The van der Waals surface area contributed by atoms with E-state index in [9.17, 15) is 18.0 Å². The number of nitriles is 1. The van der Waals surface area contributed by atoms with Crippen molar-refractivity contribution in [1.29, 1.82) is 5.26 Å². The second kappa shape index (κ2) is 6.39. The van der Waals surface area contributed by atoms with Crippen LogP contribution in [0.15, 0.2) is 36.7 Å². The lowest BCUT2D eigenvalue weighted by molar-refractivity contribution is -0.137. The first kappa shape index (κ1) is 16.7. The highest BCUT2D eigenvalue weighted by Crippen LogP contribution is 2.38. The first-order valence-corrected chi connectivity index (χ1v) is 7.36. The van der Waals surface area contributed by atoms with Gasteiger partial charge in [0, 0.05) is 12.6 Å². The summed E-state index contributed by atoms with van der Waals surface area (Å²) in [5.41, 5.74) is -0.885. The minimum Gasteiger partial charge on any atom is -0.358 e. The lowest BCUT2D eigenvalue weighted by Crippen LogP contribution is -2.34. The third kappa shape index (κ3) is 3.38. The van der Waals surface area contributed by atoms with Crippen molar-refractivity contribution >= 4 is 17.4 Å². The molecule has 1 fully saturated rings. The van der Waals surface area contributed by atoms with Crippen LogP contribution in [0.25, 0.3) is 0 Å². The van der Waals surface area contributed by atoms with Crippen molar-refractivity contribution < 1.29 is 18.0 Å². The minimum atomic E-state index is -4.54. The molecule has 0 spiro atoms. The summed E-state index contributed by atoms with van der Waals surface area (Å²) in [5.74, 6) is -0.204. The van der Waals surface area contributed by atoms with Gasteiger partial charge in [-0.05, 0) is 18.6 Å². The minimum absolute atomic E-state index is 0.127.